The van der Waals surface area contributed by atoms with Crippen molar-refractivity contribution in [2.24, 2.45) is 5.73 Å². The van der Waals surface area contributed by atoms with E-state index < -0.39 is 5.91 Å². The Kier molecular flexibility index (Phi) is 7.37. The molecule has 0 bridgehead atoms. The predicted octanol–water partition coefficient (Wildman–Crippen LogP) is 3.34. The summed E-state index contributed by atoms with van der Waals surface area (Å²) in [5, 5.41) is 2.77. The number of rotatable bonds is 6. The molecule has 3 heterocycles. The number of allylic oxidation sites excluding steroid dienone is 1. The topological polar surface area (TPSA) is 149 Å². The standard InChI is InChI=1S/C27H31N7O3/c1-16(2)14-22(35)33-13-5-4-6-20(33)26-32-23(24(25(28)36)34(26)29)18-7-9-19(10-8-18)27(37)31-21-15-17(3)11-12-30-21/h7-12,14-15,20H,4-6,13,29H2,1-3H3,(H2,28,36)(H,30,31,37). The van der Waals surface area contributed by atoms with Crippen LogP contribution in [-0.4, -0.2) is 43.8 Å². The highest BCUT2D eigenvalue weighted by Crippen LogP contribution is 2.33. The van der Waals surface area contributed by atoms with Crippen molar-refractivity contribution >= 4 is 23.5 Å². The van der Waals surface area contributed by atoms with Gasteiger partial charge < -0.3 is 21.8 Å². The van der Waals surface area contributed by atoms with Crippen LogP contribution in [0.25, 0.3) is 11.3 Å². The van der Waals surface area contributed by atoms with Gasteiger partial charge in [-0.3, -0.25) is 14.4 Å². The number of nitrogen functional groups attached to an aromatic ring is 1. The molecule has 1 saturated heterocycles. The Labute approximate surface area is 215 Å². The van der Waals surface area contributed by atoms with Gasteiger partial charge in [0.2, 0.25) is 5.91 Å². The number of aromatic nitrogens is 3. The average Bonchev–Trinajstić information content (AvgIpc) is 3.21. The number of piperidine rings is 1. The zero-order valence-electron chi connectivity index (χ0n) is 21.2. The third-order valence-electron chi connectivity index (χ3n) is 6.25. The van der Waals surface area contributed by atoms with Crippen LogP contribution in [0.2, 0.25) is 0 Å². The van der Waals surface area contributed by atoms with Crippen LogP contribution in [0.4, 0.5) is 5.82 Å². The highest BCUT2D eigenvalue weighted by molar-refractivity contribution is 6.04. The van der Waals surface area contributed by atoms with Gasteiger partial charge in [0.1, 0.15) is 11.5 Å². The predicted molar refractivity (Wildman–Crippen MR) is 141 cm³/mol. The molecule has 1 aromatic carbocycles. The summed E-state index contributed by atoms with van der Waals surface area (Å²) in [6.07, 6.45) is 5.66. The molecule has 10 heteroatoms. The van der Waals surface area contributed by atoms with Gasteiger partial charge in [0.05, 0.1) is 6.04 Å². The highest BCUT2D eigenvalue weighted by Gasteiger charge is 2.33. The number of pyridine rings is 1. The minimum absolute atomic E-state index is 0.0383. The molecule has 0 aliphatic carbocycles. The van der Waals surface area contributed by atoms with Crippen molar-refractivity contribution in [3.8, 4) is 11.3 Å². The molecule has 1 atom stereocenters. The smallest absolute Gasteiger partial charge is 0.269 e. The van der Waals surface area contributed by atoms with Crippen LogP contribution in [0.1, 0.15) is 71.4 Å². The molecule has 4 rings (SSSR count). The van der Waals surface area contributed by atoms with Crippen molar-refractivity contribution in [1.82, 2.24) is 19.5 Å². The average molecular weight is 502 g/mol. The molecule has 2 aromatic heterocycles. The number of hydrogen-bond acceptors (Lipinski definition) is 6. The lowest BCUT2D eigenvalue weighted by atomic mass is 10.0. The molecule has 0 saturated carbocycles. The number of likely N-dealkylation sites (tertiary alicyclic amines) is 1. The second-order valence-electron chi connectivity index (χ2n) is 9.42. The summed E-state index contributed by atoms with van der Waals surface area (Å²) in [4.78, 5) is 48.6. The SMILES string of the molecule is CC(C)=CC(=O)N1CCCCC1c1nc(-c2ccc(C(=O)Nc3cc(C)ccn3)cc2)c(C(N)=O)n1N. The fourth-order valence-corrected chi connectivity index (χ4v) is 4.49. The highest BCUT2D eigenvalue weighted by atomic mass is 16.2. The van der Waals surface area contributed by atoms with Crippen molar-refractivity contribution < 1.29 is 14.4 Å². The van der Waals surface area contributed by atoms with E-state index in [1.165, 1.54) is 4.68 Å². The van der Waals surface area contributed by atoms with E-state index in [9.17, 15) is 14.4 Å². The minimum Gasteiger partial charge on any atom is -0.364 e. The molecular weight excluding hydrogens is 470 g/mol. The van der Waals surface area contributed by atoms with Crippen LogP contribution in [0.3, 0.4) is 0 Å². The van der Waals surface area contributed by atoms with Gasteiger partial charge in [-0.25, -0.2) is 14.6 Å². The van der Waals surface area contributed by atoms with Crippen molar-refractivity contribution in [1.29, 1.82) is 0 Å². The van der Waals surface area contributed by atoms with Gasteiger partial charge in [-0.15, -0.1) is 0 Å². The maximum atomic E-state index is 12.9. The summed E-state index contributed by atoms with van der Waals surface area (Å²) in [5.41, 5.74) is 8.89. The molecule has 5 N–H and O–H groups in total. The Morgan fingerprint density at radius 2 is 1.84 bits per heavy atom. The van der Waals surface area contributed by atoms with Gasteiger partial charge >= 0.3 is 0 Å². The molecule has 0 spiro atoms. The summed E-state index contributed by atoms with van der Waals surface area (Å²) in [5.74, 6) is 6.02. The Balaban J connectivity index is 1.65. The summed E-state index contributed by atoms with van der Waals surface area (Å²) in [6, 6.07) is 9.86. The molecule has 0 radical (unpaired) electrons. The Morgan fingerprint density at radius 3 is 2.49 bits per heavy atom. The molecular formula is C27H31N7O3. The van der Waals surface area contributed by atoms with Crippen molar-refractivity contribution in [3.05, 3.63) is 76.9 Å². The third-order valence-corrected chi connectivity index (χ3v) is 6.25. The first-order valence-electron chi connectivity index (χ1n) is 12.1. The molecule has 1 unspecified atom stereocenters. The minimum atomic E-state index is -0.735. The number of aryl methyl sites for hydroxylation is 1. The van der Waals surface area contributed by atoms with Crippen molar-refractivity contribution in [2.75, 3.05) is 17.7 Å². The number of imidazole rings is 1. The quantitative estimate of drug-likeness (QED) is 0.348. The van der Waals surface area contributed by atoms with E-state index in [1.54, 1.807) is 47.5 Å². The van der Waals surface area contributed by atoms with Crippen LogP contribution in [0.5, 0.6) is 0 Å². The number of amides is 3. The van der Waals surface area contributed by atoms with E-state index >= 15 is 0 Å². The Hall–Kier alpha value is -4.47. The number of carbonyl (C=O) groups excluding carboxylic acids is 3. The van der Waals surface area contributed by atoms with Crippen LogP contribution in [-0.2, 0) is 4.79 Å². The fraction of sp³-hybridized carbons (Fsp3) is 0.296. The fourth-order valence-electron chi connectivity index (χ4n) is 4.49. The van der Waals surface area contributed by atoms with E-state index in [-0.39, 0.29) is 23.6 Å². The zero-order valence-corrected chi connectivity index (χ0v) is 21.2. The number of nitrogens with two attached hydrogens (primary N) is 2. The Morgan fingerprint density at radius 1 is 1.11 bits per heavy atom. The molecule has 10 nitrogen and oxygen atoms in total. The van der Waals surface area contributed by atoms with Gasteiger partial charge in [0, 0.05) is 29.9 Å². The van der Waals surface area contributed by atoms with Gasteiger partial charge in [-0.05, 0) is 69.9 Å². The zero-order chi connectivity index (χ0) is 26.7. The summed E-state index contributed by atoms with van der Waals surface area (Å²) in [6.45, 7) is 6.22. The molecule has 192 valence electrons. The van der Waals surface area contributed by atoms with Crippen LogP contribution < -0.4 is 16.9 Å². The van der Waals surface area contributed by atoms with E-state index in [0.717, 1.165) is 24.0 Å². The first-order chi connectivity index (χ1) is 17.7. The second-order valence-corrected chi connectivity index (χ2v) is 9.42. The number of anilines is 1. The Bertz CT molecular complexity index is 1370. The van der Waals surface area contributed by atoms with E-state index in [2.05, 4.69) is 10.3 Å². The van der Waals surface area contributed by atoms with Crippen LogP contribution in [0, 0.1) is 6.92 Å². The van der Waals surface area contributed by atoms with Crippen LogP contribution in [0.15, 0.2) is 54.2 Å². The van der Waals surface area contributed by atoms with E-state index in [0.29, 0.717) is 41.4 Å². The van der Waals surface area contributed by atoms with Gasteiger partial charge in [0.25, 0.3) is 11.8 Å². The summed E-state index contributed by atoms with van der Waals surface area (Å²) in [7, 11) is 0. The number of carbonyl (C=O) groups is 3. The van der Waals surface area contributed by atoms with Gasteiger partial charge in [-0.2, -0.15) is 0 Å². The lowest BCUT2D eigenvalue weighted by molar-refractivity contribution is -0.130. The van der Waals surface area contributed by atoms with Crippen molar-refractivity contribution in [2.45, 2.75) is 46.1 Å². The maximum Gasteiger partial charge on any atom is 0.269 e. The summed E-state index contributed by atoms with van der Waals surface area (Å²) < 4.78 is 1.19. The maximum absolute atomic E-state index is 12.9. The summed E-state index contributed by atoms with van der Waals surface area (Å²) >= 11 is 0. The van der Waals surface area contributed by atoms with Gasteiger partial charge in [0.15, 0.2) is 11.5 Å². The number of nitrogens with zero attached hydrogens (tertiary/aromatic N) is 4. The molecule has 3 amide bonds. The molecule has 1 aliphatic rings. The first-order valence-corrected chi connectivity index (χ1v) is 12.1. The molecule has 37 heavy (non-hydrogen) atoms. The molecule has 1 aliphatic heterocycles. The van der Waals surface area contributed by atoms with E-state index in [1.807, 2.05) is 26.8 Å². The lowest BCUT2D eigenvalue weighted by Crippen LogP contribution is -2.40. The van der Waals surface area contributed by atoms with Gasteiger partial charge in [-0.1, -0.05) is 17.7 Å². The number of nitrogens with one attached hydrogen (secondary N) is 1. The number of primary amides is 1. The third kappa shape index (κ3) is 5.53. The van der Waals surface area contributed by atoms with Crippen LogP contribution >= 0.6 is 0 Å². The number of hydrogen-bond donors (Lipinski definition) is 3. The largest absolute Gasteiger partial charge is 0.364 e. The van der Waals surface area contributed by atoms with E-state index in [4.69, 9.17) is 16.6 Å². The second kappa shape index (κ2) is 10.7. The number of benzene rings is 1. The molecule has 3 aromatic rings. The van der Waals surface area contributed by atoms with Crippen molar-refractivity contribution in [3.63, 3.8) is 0 Å². The lowest BCUT2D eigenvalue weighted by Gasteiger charge is -2.34. The monoisotopic (exact) mass is 501 g/mol. The molecule has 1 fully saturated rings. The first kappa shape index (κ1) is 25.6. The normalized spacial score (nSPS) is 15.2.